The van der Waals surface area contributed by atoms with Gasteiger partial charge in [0.15, 0.2) is 6.61 Å². The van der Waals surface area contributed by atoms with Crippen molar-refractivity contribution in [2.24, 2.45) is 5.92 Å². The number of anilines is 1. The van der Waals surface area contributed by atoms with Crippen LogP contribution in [-0.2, 0) is 4.79 Å². The molecule has 0 radical (unpaired) electrons. The van der Waals surface area contributed by atoms with Crippen molar-refractivity contribution in [2.45, 2.75) is 33.1 Å². The molecule has 1 aromatic carbocycles. The standard InChI is InChI=1S/C20H32N4O3/c1-3-21-19(25)15-27-18-7-4-6-17(14-18)23-20(26)22-10-5-11-24-12-8-16(2)9-13-24/h4,6-7,14,16H,3,5,8-13,15H2,1-2H3,(H,21,25)(H2,22,23,26). The lowest BCUT2D eigenvalue weighted by Gasteiger charge is -2.30. The summed E-state index contributed by atoms with van der Waals surface area (Å²) >= 11 is 0. The summed E-state index contributed by atoms with van der Waals surface area (Å²) < 4.78 is 5.43. The monoisotopic (exact) mass is 376 g/mol. The van der Waals surface area contributed by atoms with Gasteiger partial charge in [-0.1, -0.05) is 13.0 Å². The van der Waals surface area contributed by atoms with Gasteiger partial charge in [-0.25, -0.2) is 4.79 Å². The Hall–Kier alpha value is -2.28. The Labute approximate surface area is 161 Å². The molecule has 150 valence electrons. The Morgan fingerprint density at radius 2 is 2.00 bits per heavy atom. The van der Waals surface area contributed by atoms with E-state index in [9.17, 15) is 9.59 Å². The van der Waals surface area contributed by atoms with E-state index in [0.717, 1.165) is 32.0 Å². The number of likely N-dealkylation sites (N-methyl/N-ethyl adjacent to an activating group) is 1. The minimum atomic E-state index is -0.233. The van der Waals surface area contributed by atoms with Crippen LogP contribution in [-0.4, -0.2) is 56.2 Å². The maximum atomic E-state index is 12.0. The molecule has 1 saturated heterocycles. The molecule has 0 unspecified atom stereocenters. The third-order valence-electron chi connectivity index (χ3n) is 4.65. The highest BCUT2D eigenvalue weighted by atomic mass is 16.5. The normalized spacial score (nSPS) is 15.2. The molecule has 0 bridgehead atoms. The summed E-state index contributed by atoms with van der Waals surface area (Å²) in [6.07, 6.45) is 3.48. The first-order valence-corrected chi connectivity index (χ1v) is 9.83. The van der Waals surface area contributed by atoms with Crippen molar-refractivity contribution in [2.75, 3.05) is 44.6 Å². The summed E-state index contributed by atoms with van der Waals surface area (Å²) in [4.78, 5) is 25.9. The summed E-state index contributed by atoms with van der Waals surface area (Å²) in [5, 5.41) is 8.35. The average Bonchev–Trinajstić information content (AvgIpc) is 2.65. The molecule has 3 N–H and O–H groups in total. The second-order valence-corrected chi connectivity index (χ2v) is 7.03. The van der Waals surface area contributed by atoms with Crippen molar-refractivity contribution in [1.29, 1.82) is 0 Å². The van der Waals surface area contributed by atoms with Crippen molar-refractivity contribution in [3.63, 3.8) is 0 Å². The van der Waals surface area contributed by atoms with E-state index in [-0.39, 0.29) is 18.5 Å². The fourth-order valence-electron chi connectivity index (χ4n) is 3.03. The van der Waals surface area contributed by atoms with E-state index in [0.29, 0.717) is 24.5 Å². The van der Waals surface area contributed by atoms with Gasteiger partial charge in [-0.2, -0.15) is 0 Å². The summed E-state index contributed by atoms with van der Waals surface area (Å²) in [6.45, 7) is 8.69. The molecule has 0 saturated carbocycles. The van der Waals surface area contributed by atoms with Crippen LogP contribution in [0.15, 0.2) is 24.3 Å². The van der Waals surface area contributed by atoms with E-state index in [1.807, 2.05) is 6.92 Å². The van der Waals surface area contributed by atoms with Gasteiger partial charge in [0.25, 0.3) is 5.91 Å². The maximum Gasteiger partial charge on any atom is 0.319 e. The van der Waals surface area contributed by atoms with E-state index in [1.54, 1.807) is 24.3 Å². The molecule has 1 aliphatic heterocycles. The number of hydrogen-bond donors (Lipinski definition) is 3. The first-order chi connectivity index (χ1) is 13.1. The predicted octanol–water partition coefficient (Wildman–Crippen LogP) is 2.45. The third-order valence-corrected chi connectivity index (χ3v) is 4.65. The topological polar surface area (TPSA) is 82.7 Å². The largest absolute Gasteiger partial charge is 0.484 e. The summed E-state index contributed by atoms with van der Waals surface area (Å²) in [7, 11) is 0. The SMILES string of the molecule is CCNC(=O)COc1cccc(NC(=O)NCCCN2CCC(C)CC2)c1. The molecule has 27 heavy (non-hydrogen) atoms. The first kappa shape index (κ1) is 21.0. The van der Waals surface area contributed by atoms with Gasteiger partial charge in [-0.05, 0) is 63.9 Å². The second-order valence-electron chi connectivity index (χ2n) is 7.03. The molecular formula is C20H32N4O3. The number of nitrogens with zero attached hydrogens (tertiary/aromatic N) is 1. The quantitative estimate of drug-likeness (QED) is 0.578. The van der Waals surface area contributed by atoms with Crippen LogP contribution >= 0.6 is 0 Å². The molecule has 0 aromatic heterocycles. The van der Waals surface area contributed by atoms with Gasteiger partial charge in [0.1, 0.15) is 5.75 Å². The number of piperidine rings is 1. The predicted molar refractivity (Wildman–Crippen MR) is 107 cm³/mol. The number of urea groups is 1. The van der Waals surface area contributed by atoms with Gasteiger partial charge >= 0.3 is 6.03 Å². The van der Waals surface area contributed by atoms with E-state index in [4.69, 9.17) is 4.74 Å². The lowest BCUT2D eigenvalue weighted by molar-refractivity contribution is -0.122. The number of hydrogen-bond acceptors (Lipinski definition) is 4. The van der Waals surface area contributed by atoms with E-state index < -0.39 is 0 Å². The van der Waals surface area contributed by atoms with E-state index in [2.05, 4.69) is 27.8 Å². The minimum Gasteiger partial charge on any atom is -0.484 e. The number of nitrogens with one attached hydrogen (secondary N) is 3. The number of benzene rings is 1. The van der Waals surface area contributed by atoms with Gasteiger partial charge in [0.2, 0.25) is 0 Å². The minimum absolute atomic E-state index is 0.0429. The molecule has 7 heteroatoms. The average molecular weight is 377 g/mol. The Morgan fingerprint density at radius 3 is 2.74 bits per heavy atom. The smallest absolute Gasteiger partial charge is 0.319 e. The fraction of sp³-hybridized carbons (Fsp3) is 0.600. The lowest BCUT2D eigenvalue weighted by atomic mass is 9.99. The molecular weight excluding hydrogens is 344 g/mol. The number of likely N-dealkylation sites (tertiary alicyclic amines) is 1. The van der Waals surface area contributed by atoms with Crippen LogP contribution in [0.25, 0.3) is 0 Å². The van der Waals surface area contributed by atoms with E-state index in [1.165, 1.54) is 12.8 Å². The first-order valence-electron chi connectivity index (χ1n) is 9.83. The summed E-state index contributed by atoms with van der Waals surface area (Å²) in [6, 6.07) is 6.78. The maximum absolute atomic E-state index is 12.0. The van der Waals surface area contributed by atoms with Crippen LogP contribution in [0.1, 0.15) is 33.1 Å². The van der Waals surface area contributed by atoms with Crippen LogP contribution in [0.5, 0.6) is 5.75 Å². The van der Waals surface area contributed by atoms with Crippen molar-refractivity contribution in [1.82, 2.24) is 15.5 Å². The Morgan fingerprint density at radius 1 is 1.22 bits per heavy atom. The third kappa shape index (κ3) is 8.30. The highest BCUT2D eigenvalue weighted by Gasteiger charge is 2.14. The second kappa shape index (κ2) is 11.4. The number of amides is 3. The van der Waals surface area contributed by atoms with Crippen molar-refractivity contribution in [3.8, 4) is 5.75 Å². The van der Waals surface area contributed by atoms with Gasteiger partial charge in [0.05, 0.1) is 0 Å². The fourth-order valence-corrected chi connectivity index (χ4v) is 3.03. The van der Waals surface area contributed by atoms with E-state index >= 15 is 0 Å². The lowest BCUT2D eigenvalue weighted by Crippen LogP contribution is -2.36. The molecule has 1 heterocycles. The van der Waals surface area contributed by atoms with Gasteiger partial charge in [0, 0.05) is 24.8 Å². The van der Waals surface area contributed by atoms with Crippen molar-refractivity contribution < 1.29 is 14.3 Å². The molecule has 3 amide bonds. The zero-order valence-electron chi connectivity index (χ0n) is 16.4. The molecule has 2 rings (SSSR count). The Bertz CT molecular complexity index is 601. The molecule has 0 atom stereocenters. The number of carbonyl (C=O) groups excluding carboxylic acids is 2. The highest BCUT2D eigenvalue weighted by molar-refractivity contribution is 5.89. The zero-order chi connectivity index (χ0) is 19.5. The highest BCUT2D eigenvalue weighted by Crippen LogP contribution is 2.17. The van der Waals surface area contributed by atoms with Crippen LogP contribution in [0, 0.1) is 5.92 Å². The van der Waals surface area contributed by atoms with Gasteiger partial charge in [-0.15, -0.1) is 0 Å². The summed E-state index contributed by atoms with van der Waals surface area (Å²) in [5.41, 5.74) is 0.630. The van der Waals surface area contributed by atoms with Gasteiger partial charge < -0.3 is 25.6 Å². The van der Waals surface area contributed by atoms with Crippen molar-refractivity contribution >= 4 is 17.6 Å². The molecule has 1 aliphatic rings. The molecule has 0 spiro atoms. The zero-order valence-corrected chi connectivity index (χ0v) is 16.4. The number of rotatable bonds is 9. The summed E-state index contributed by atoms with van der Waals surface area (Å²) in [5.74, 6) is 1.21. The molecule has 0 aliphatic carbocycles. The number of carbonyl (C=O) groups is 2. The molecule has 1 aromatic rings. The molecule has 7 nitrogen and oxygen atoms in total. The van der Waals surface area contributed by atoms with Crippen molar-refractivity contribution in [3.05, 3.63) is 24.3 Å². The van der Waals surface area contributed by atoms with Crippen LogP contribution in [0.3, 0.4) is 0 Å². The van der Waals surface area contributed by atoms with Crippen LogP contribution in [0.2, 0.25) is 0 Å². The van der Waals surface area contributed by atoms with Crippen LogP contribution < -0.4 is 20.7 Å². The van der Waals surface area contributed by atoms with Gasteiger partial charge in [-0.3, -0.25) is 4.79 Å². The Kier molecular flexibility index (Phi) is 8.91. The molecule has 1 fully saturated rings. The number of ether oxygens (including phenoxy) is 1. The van der Waals surface area contributed by atoms with Crippen LogP contribution in [0.4, 0.5) is 10.5 Å². The Balaban J connectivity index is 1.64.